The van der Waals surface area contributed by atoms with Crippen molar-refractivity contribution in [2.75, 3.05) is 18.0 Å². The van der Waals surface area contributed by atoms with Crippen LogP contribution in [0.1, 0.15) is 35.4 Å². The number of nitrogens with one attached hydrogen (secondary N) is 2. The fraction of sp³-hybridized carbons (Fsp3) is 0.273. The van der Waals surface area contributed by atoms with Gasteiger partial charge in [-0.2, -0.15) is 0 Å². The van der Waals surface area contributed by atoms with Crippen LogP contribution in [0.5, 0.6) is 0 Å². The SMILES string of the molecule is O=c1[nH]c(N2CCC(c3ccc(Cl)cc3)CC2)c(Cc2ccccc2)c(=O)[nH]1. The average molecular weight is 396 g/mol. The Morgan fingerprint density at radius 2 is 1.61 bits per heavy atom. The average Bonchev–Trinajstić information content (AvgIpc) is 2.71. The van der Waals surface area contributed by atoms with Gasteiger partial charge in [0.05, 0.1) is 5.56 Å². The van der Waals surface area contributed by atoms with E-state index in [4.69, 9.17) is 11.6 Å². The standard InChI is InChI=1S/C22H22ClN3O2/c23-18-8-6-16(7-9-18)17-10-12-26(13-11-17)20-19(21(27)25-22(28)24-20)14-15-4-2-1-3-5-15/h1-9,17H,10-14H2,(H2,24,25,27,28). The molecule has 3 aromatic rings. The lowest BCUT2D eigenvalue weighted by Gasteiger charge is -2.34. The Hall–Kier alpha value is -2.79. The zero-order valence-electron chi connectivity index (χ0n) is 15.5. The summed E-state index contributed by atoms with van der Waals surface area (Å²) in [6, 6.07) is 17.8. The molecule has 2 aromatic carbocycles. The number of aromatic nitrogens is 2. The third-order valence-corrected chi connectivity index (χ3v) is 5.65. The van der Waals surface area contributed by atoms with Crippen LogP contribution in [0.15, 0.2) is 64.2 Å². The second kappa shape index (κ2) is 8.07. The van der Waals surface area contributed by atoms with Gasteiger partial charge in [-0.3, -0.25) is 14.8 Å². The van der Waals surface area contributed by atoms with E-state index >= 15 is 0 Å². The van der Waals surface area contributed by atoms with Crippen molar-refractivity contribution in [1.29, 1.82) is 0 Å². The molecule has 1 aliphatic rings. The monoisotopic (exact) mass is 395 g/mol. The van der Waals surface area contributed by atoms with Crippen LogP contribution >= 0.6 is 11.6 Å². The molecule has 0 aliphatic carbocycles. The van der Waals surface area contributed by atoms with E-state index < -0.39 is 5.69 Å². The molecule has 6 heteroatoms. The van der Waals surface area contributed by atoms with Crippen molar-refractivity contribution in [2.24, 2.45) is 0 Å². The molecule has 28 heavy (non-hydrogen) atoms. The van der Waals surface area contributed by atoms with E-state index in [2.05, 4.69) is 27.0 Å². The first kappa shape index (κ1) is 18.6. The summed E-state index contributed by atoms with van der Waals surface area (Å²) in [4.78, 5) is 31.8. The summed E-state index contributed by atoms with van der Waals surface area (Å²) < 4.78 is 0. The number of halogens is 1. The fourth-order valence-corrected chi connectivity index (χ4v) is 4.03. The van der Waals surface area contributed by atoms with Crippen LogP contribution in [-0.2, 0) is 6.42 Å². The second-order valence-electron chi connectivity index (χ2n) is 7.21. The van der Waals surface area contributed by atoms with Gasteiger partial charge in [-0.15, -0.1) is 0 Å². The summed E-state index contributed by atoms with van der Waals surface area (Å²) in [5.74, 6) is 1.10. The lowest BCUT2D eigenvalue weighted by Crippen LogP contribution is -2.38. The summed E-state index contributed by atoms with van der Waals surface area (Å²) in [7, 11) is 0. The van der Waals surface area contributed by atoms with Crippen LogP contribution in [-0.4, -0.2) is 23.1 Å². The third-order valence-electron chi connectivity index (χ3n) is 5.40. The number of piperidine rings is 1. The summed E-state index contributed by atoms with van der Waals surface area (Å²) in [5, 5.41) is 0.743. The number of benzene rings is 2. The van der Waals surface area contributed by atoms with Crippen molar-refractivity contribution >= 4 is 17.4 Å². The zero-order valence-corrected chi connectivity index (χ0v) is 16.2. The molecule has 4 rings (SSSR count). The van der Waals surface area contributed by atoms with Crippen molar-refractivity contribution < 1.29 is 0 Å². The molecule has 1 fully saturated rings. The zero-order chi connectivity index (χ0) is 19.5. The van der Waals surface area contributed by atoms with Crippen LogP contribution < -0.4 is 16.1 Å². The molecular formula is C22H22ClN3O2. The lowest BCUT2D eigenvalue weighted by molar-refractivity contribution is 0.501. The minimum Gasteiger partial charge on any atom is -0.358 e. The molecule has 0 saturated carbocycles. The molecule has 2 N–H and O–H groups in total. The summed E-state index contributed by atoms with van der Waals surface area (Å²) >= 11 is 5.99. The molecular weight excluding hydrogens is 374 g/mol. The first-order valence-corrected chi connectivity index (χ1v) is 9.88. The molecule has 144 valence electrons. The van der Waals surface area contributed by atoms with Crippen molar-refractivity contribution in [3.63, 3.8) is 0 Å². The van der Waals surface area contributed by atoms with Crippen LogP contribution in [0.25, 0.3) is 0 Å². The Morgan fingerprint density at radius 1 is 0.929 bits per heavy atom. The van der Waals surface area contributed by atoms with Gasteiger partial charge in [-0.1, -0.05) is 54.1 Å². The van der Waals surface area contributed by atoms with Crippen molar-refractivity contribution in [2.45, 2.75) is 25.2 Å². The van der Waals surface area contributed by atoms with E-state index in [9.17, 15) is 9.59 Å². The molecule has 0 atom stereocenters. The number of rotatable bonds is 4. The Morgan fingerprint density at radius 3 is 2.29 bits per heavy atom. The van der Waals surface area contributed by atoms with E-state index in [0.717, 1.165) is 36.5 Å². The summed E-state index contributed by atoms with van der Waals surface area (Å²) in [5.41, 5.74) is 2.15. The fourth-order valence-electron chi connectivity index (χ4n) is 3.91. The Balaban J connectivity index is 1.57. The number of hydrogen-bond acceptors (Lipinski definition) is 3. The van der Waals surface area contributed by atoms with Gasteiger partial charge in [-0.25, -0.2) is 4.79 Å². The molecule has 0 spiro atoms. The van der Waals surface area contributed by atoms with E-state index in [-0.39, 0.29) is 5.56 Å². The number of aromatic amines is 2. The first-order valence-electron chi connectivity index (χ1n) is 9.50. The maximum Gasteiger partial charge on any atom is 0.327 e. The number of H-pyrrole nitrogens is 2. The van der Waals surface area contributed by atoms with E-state index in [1.54, 1.807) is 0 Å². The maximum absolute atomic E-state index is 12.5. The molecule has 0 radical (unpaired) electrons. The molecule has 0 bridgehead atoms. The molecule has 1 saturated heterocycles. The van der Waals surface area contributed by atoms with Gasteiger partial charge in [0.2, 0.25) is 0 Å². The number of hydrogen-bond donors (Lipinski definition) is 2. The predicted octanol–water partition coefficient (Wildman–Crippen LogP) is 3.69. The van der Waals surface area contributed by atoms with E-state index in [0.29, 0.717) is 23.7 Å². The minimum atomic E-state index is -0.461. The smallest absolute Gasteiger partial charge is 0.327 e. The normalized spacial score (nSPS) is 15.0. The highest BCUT2D eigenvalue weighted by Gasteiger charge is 2.24. The quantitative estimate of drug-likeness (QED) is 0.707. The van der Waals surface area contributed by atoms with Gasteiger partial charge in [0.1, 0.15) is 5.82 Å². The molecule has 2 heterocycles. The number of anilines is 1. The summed E-state index contributed by atoms with van der Waals surface area (Å²) in [6.07, 6.45) is 2.40. The molecule has 5 nitrogen and oxygen atoms in total. The van der Waals surface area contributed by atoms with Gasteiger partial charge < -0.3 is 4.90 Å². The van der Waals surface area contributed by atoms with Gasteiger partial charge in [0.15, 0.2) is 0 Å². The minimum absolute atomic E-state index is 0.317. The molecule has 0 unspecified atom stereocenters. The van der Waals surface area contributed by atoms with E-state index in [1.807, 2.05) is 42.5 Å². The molecule has 1 aromatic heterocycles. The predicted molar refractivity (Wildman–Crippen MR) is 113 cm³/mol. The van der Waals surface area contributed by atoms with Crippen molar-refractivity contribution in [3.05, 3.63) is 97.1 Å². The van der Waals surface area contributed by atoms with Gasteiger partial charge in [0, 0.05) is 24.5 Å². The number of nitrogens with zero attached hydrogens (tertiary/aromatic N) is 1. The van der Waals surface area contributed by atoms with Crippen LogP contribution in [0.3, 0.4) is 0 Å². The third kappa shape index (κ3) is 4.04. The first-order chi connectivity index (χ1) is 13.6. The Bertz CT molecular complexity index is 1050. The van der Waals surface area contributed by atoms with Crippen LogP contribution in [0, 0.1) is 0 Å². The van der Waals surface area contributed by atoms with Crippen molar-refractivity contribution in [1.82, 2.24) is 9.97 Å². The Labute approximate surface area is 168 Å². The van der Waals surface area contributed by atoms with Gasteiger partial charge in [0.25, 0.3) is 5.56 Å². The van der Waals surface area contributed by atoms with Crippen LogP contribution in [0.2, 0.25) is 5.02 Å². The molecule has 0 amide bonds. The second-order valence-corrected chi connectivity index (χ2v) is 7.65. The maximum atomic E-state index is 12.5. The van der Waals surface area contributed by atoms with Gasteiger partial charge in [-0.05, 0) is 42.0 Å². The largest absolute Gasteiger partial charge is 0.358 e. The lowest BCUT2D eigenvalue weighted by atomic mass is 9.89. The Kier molecular flexibility index (Phi) is 5.35. The highest BCUT2D eigenvalue weighted by atomic mass is 35.5. The highest BCUT2D eigenvalue weighted by Crippen LogP contribution is 2.31. The molecule has 1 aliphatic heterocycles. The summed E-state index contributed by atoms with van der Waals surface area (Å²) in [6.45, 7) is 1.57. The van der Waals surface area contributed by atoms with Crippen molar-refractivity contribution in [3.8, 4) is 0 Å². The van der Waals surface area contributed by atoms with Gasteiger partial charge >= 0.3 is 5.69 Å². The topological polar surface area (TPSA) is 69.0 Å². The van der Waals surface area contributed by atoms with Crippen LogP contribution in [0.4, 0.5) is 5.82 Å². The van der Waals surface area contributed by atoms with E-state index in [1.165, 1.54) is 5.56 Å². The highest BCUT2D eigenvalue weighted by molar-refractivity contribution is 6.30.